The van der Waals surface area contributed by atoms with Crippen molar-refractivity contribution in [3.8, 4) is 5.75 Å². The van der Waals surface area contributed by atoms with E-state index in [1.165, 1.54) is 24.4 Å². The molecule has 5 heteroatoms. The summed E-state index contributed by atoms with van der Waals surface area (Å²) in [6, 6.07) is 8.36. The maximum Gasteiger partial charge on any atom is 0.267 e. The molecule has 0 saturated carbocycles. The number of alkyl halides is 2. The maximum atomic E-state index is 12.6. The van der Waals surface area contributed by atoms with Gasteiger partial charge < -0.3 is 5.11 Å². The molecule has 2 aromatic rings. The van der Waals surface area contributed by atoms with Crippen LogP contribution >= 0.6 is 0 Å². The number of phenolic OH excluding ortho intramolecular Hbond substituents is 1. The zero-order valence-electron chi connectivity index (χ0n) is 9.18. The van der Waals surface area contributed by atoms with E-state index in [2.05, 4.69) is 4.98 Å². The summed E-state index contributed by atoms with van der Waals surface area (Å²) in [7, 11) is 0. The number of ketones is 1. The fourth-order valence-electron chi connectivity index (χ4n) is 1.56. The SMILES string of the molecule is O=C(c1ccccn1)c1cccc(C(F)F)c1O. The zero-order valence-corrected chi connectivity index (χ0v) is 9.18. The van der Waals surface area contributed by atoms with Crippen LogP contribution in [0.3, 0.4) is 0 Å². The Labute approximate surface area is 102 Å². The van der Waals surface area contributed by atoms with Gasteiger partial charge in [0.2, 0.25) is 5.78 Å². The normalized spacial score (nSPS) is 10.6. The number of rotatable bonds is 3. The number of hydrogen-bond acceptors (Lipinski definition) is 3. The molecule has 0 amide bonds. The largest absolute Gasteiger partial charge is 0.507 e. The number of benzene rings is 1. The van der Waals surface area contributed by atoms with Crippen molar-refractivity contribution in [3.05, 3.63) is 59.4 Å². The van der Waals surface area contributed by atoms with Gasteiger partial charge in [0.05, 0.1) is 11.1 Å². The number of hydrogen-bond donors (Lipinski definition) is 1. The lowest BCUT2D eigenvalue weighted by molar-refractivity contribution is 0.103. The summed E-state index contributed by atoms with van der Waals surface area (Å²) in [5, 5.41) is 9.66. The summed E-state index contributed by atoms with van der Waals surface area (Å²) < 4.78 is 25.2. The first-order chi connectivity index (χ1) is 8.61. The van der Waals surface area contributed by atoms with Gasteiger partial charge in [0, 0.05) is 6.20 Å². The second kappa shape index (κ2) is 4.91. The van der Waals surface area contributed by atoms with Crippen LogP contribution in [0.4, 0.5) is 8.78 Å². The van der Waals surface area contributed by atoms with Crippen LogP contribution in [-0.4, -0.2) is 15.9 Å². The Morgan fingerprint density at radius 2 is 1.94 bits per heavy atom. The van der Waals surface area contributed by atoms with Crippen molar-refractivity contribution >= 4 is 5.78 Å². The van der Waals surface area contributed by atoms with Crippen LogP contribution in [0.25, 0.3) is 0 Å². The van der Waals surface area contributed by atoms with Gasteiger partial charge in [-0.15, -0.1) is 0 Å². The molecule has 0 fully saturated rings. The van der Waals surface area contributed by atoms with Crippen LogP contribution < -0.4 is 0 Å². The number of carbonyl (C=O) groups is 1. The molecule has 0 aliphatic heterocycles. The first-order valence-electron chi connectivity index (χ1n) is 5.17. The van der Waals surface area contributed by atoms with E-state index in [9.17, 15) is 18.7 Å². The van der Waals surface area contributed by atoms with Crippen molar-refractivity contribution in [2.75, 3.05) is 0 Å². The lowest BCUT2D eigenvalue weighted by atomic mass is 10.0. The molecule has 0 aliphatic carbocycles. The van der Waals surface area contributed by atoms with Gasteiger partial charge in [0.1, 0.15) is 11.4 Å². The van der Waals surface area contributed by atoms with E-state index in [0.29, 0.717) is 0 Å². The third-order valence-electron chi connectivity index (χ3n) is 2.44. The quantitative estimate of drug-likeness (QED) is 0.851. The van der Waals surface area contributed by atoms with Crippen LogP contribution in [0, 0.1) is 0 Å². The lowest BCUT2D eigenvalue weighted by Gasteiger charge is -2.07. The second-order valence-electron chi connectivity index (χ2n) is 3.59. The molecular formula is C13H9F2NO2. The molecule has 1 heterocycles. The summed E-state index contributed by atoms with van der Waals surface area (Å²) in [6.07, 6.45) is -1.41. The number of nitrogens with zero attached hydrogens (tertiary/aromatic N) is 1. The molecule has 0 spiro atoms. The van der Waals surface area contributed by atoms with E-state index in [1.807, 2.05) is 0 Å². The van der Waals surface area contributed by atoms with E-state index in [-0.39, 0.29) is 11.3 Å². The van der Waals surface area contributed by atoms with E-state index < -0.39 is 23.5 Å². The first kappa shape index (κ1) is 12.2. The highest BCUT2D eigenvalue weighted by molar-refractivity contribution is 6.09. The number of aromatic hydroxyl groups is 1. The van der Waals surface area contributed by atoms with Crippen LogP contribution in [0.15, 0.2) is 42.6 Å². The fraction of sp³-hybridized carbons (Fsp3) is 0.0769. The van der Waals surface area contributed by atoms with E-state index in [1.54, 1.807) is 12.1 Å². The second-order valence-corrected chi connectivity index (χ2v) is 3.59. The minimum Gasteiger partial charge on any atom is -0.507 e. The Morgan fingerprint density at radius 1 is 1.17 bits per heavy atom. The van der Waals surface area contributed by atoms with Gasteiger partial charge in [0.15, 0.2) is 0 Å². The standard InChI is InChI=1S/C13H9F2NO2/c14-13(15)9-5-3-4-8(11(9)17)12(18)10-6-1-2-7-16-10/h1-7,13,17H. The minimum atomic E-state index is -2.83. The van der Waals surface area contributed by atoms with Crippen LogP contribution in [0.2, 0.25) is 0 Å². The average molecular weight is 249 g/mol. The van der Waals surface area contributed by atoms with Crippen molar-refractivity contribution in [1.82, 2.24) is 4.98 Å². The van der Waals surface area contributed by atoms with Crippen LogP contribution in [-0.2, 0) is 0 Å². The third-order valence-corrected chi connectivity index (χ3v) is 2.44. The molecule has 92 valence electrons. The Bertz CT molecular complexity index is 570. The minimum absolute atomic E-state index is 0.0965. The predicted octanol–water partition coefficient (Wildman–Crippen LogP) is 2.96. The Kier molecular flexibility index (Phi) is 3.32. The molecule has 0 radical (unpaired) electrons. The van der Waals surface area contributed by atoms with Gasteiger partial charge in [-0.05, 0) is 24.3 Å². The summed E-state index contributed by atoms with van der Waals surface area (Å²) in [4.78, 5) is 15.8. The van der Waals surface area contributed by atoms with Crippen molar-refractivity contribution in [1.29, 1.82) is 0 Å². The molecule has 0 atom stereocenters. The van der Waals surface area contributed by atoms with Crippen molar-refractivity contribution < 1.29 is 18.7 Å². The Morgan fingerprint density at radius 3 is 2.56 bits per heavy atom. The molecule has 1 aromatic carbocycles. The fourth-order valence-corrected chi connectivity index (χ4v) is 1.56. The van der Waals surface area contributed by atoms with Gasteiger partial charge in [-0.1, -0.05) is 12.1 Å². The summed E-state index contributed by atoms with van der Waals surface area (Å²) >= 11 is 0. The third kappa shape index (κ3) is 2.20. The molecule has 0 aliphatic rings. The number of aromatic nitrogens is 1. The van der Waals surface area contributed by atoms with Gasteiger partial charge in [0.25, 0.3) is 6.43 Å². The molecule has 0 unspecified atom stereocenters. The lowest BCUT2D eigenvalue weighted by Crippen LogP contribution is -2.05. The van der Waals surface area contributed by atoms with E-state index in [0.717, 1.165) is 6.07 Å². The number of para-hydroxylation sites is 1. The molecule has 0 saturated heterocycles. The van der Waals surface area contributed by atoms with Gasteiger partial charge >= 0.3 is 0 Å². The van der Waals surface area contributed by atoms with Crippen LogP contribution in [0.1, 0.15) is 28.0 Å². The highest BCUT2D eigenvalue weighted by atomic mass is 19.3. The monoisotopic (exact) mass is 249 g/mol. The Balaban J connectivity index is 2.47. The number of pyridine rings is 1. The highest BCUT2D eigenvalue weighted by Crippen LogP contribution is 2.31. The predicted molar refractivity (Wildman–Crippen MR) is 60.7 cm³/mol. The molecule has 1 aromatic heterocycles. The van der Waals surface area contributed by atoms with E-state index in [4.69, 9.17) is 0 Å². The van der Waals surface area contributed by atoms with Crippen LogP contribution in [0.5, 0.6) is 5.75 Å². The summed E-state index contributed by atoms with van der Waals surface area (Å²) in [5.41, 5.74) is -0.637. The molecular weight excluding hydrogens is 240 g/mol. The number of halogens is 2. The summed E-state index contributed by atoms with van der Waals surface area (Å²) in [6.45, 7) is 0. The zero-order chi connectivity index (χ0) is 13.1. The molecule has 1 N–H and O–H groups in total. The number of carbonyl (C=O) groups excluding carboxylic acids is 1. The smallest absolute Gasteiger partial charge is 0.267 e. The van der Waals surface area contributed by atoms with Gasteiger partial charge in [-0.3, -0.25) is 9.78 Å². The van der Waals surface area contributed by atoms with Gasteiger partial charge in [-0.2, -0.15) is 0 Å². The molecule has 3 nitrogen and oxygen atoms in total. The topological polar surface area (TPSA) is 50.2 Å². The van der Waals surface area contributed by atoms with Gasteiger partial charge in [-0.25, -0.2) is 8.78 Å². The summed E-state index contributed by atoms with van der Waals surface area (Å²) in [5.74, 6) is -1.28. The molecule has 2 rings (SSSR count). The van der Waals surface area contributed by atoms with Crippen molar-refractivity contribution in [3.63, 3.8) is 0 Å². The molecule has 18 heavy (non-hydrogen) atoms. The van der Waals surface area contributed by atoms with Crippen molar-refractivity contribution in [2.24, 2.45) is 0 Å². The maximum absolute atomic E-state index is 12.6. The van der Waals surface area contributed by atoms with Crippen molar-refractivity contribution in [2.45, 2.75) is 6.43 Å². The number of phenols is 1. The first-order valence-corrected chi connectivity index (χ1v) is 5.17. The highest BCUT2D eigenvalue weighted by Gasteiger charge is 2.20. The molecule has 0 bridgehead atoms. The van der Waals surface area contributed by atoms with E-state index >= 15 is 0 Å². The average Bonchev–Trinajstić information content (AvgIpc) is 2.39. The Hall–Kier alpha value is -2.30.